The molecule has 0 fully saturated rings. The third-order valence-electron chi connectivity index (χ3n) is 3.79. The van der Waals surface area contributed by atoms with E-state index < -0.39 is 11.6 Å². The van der Waals surface area contributed by atoms with Crippen LogP contribution in [0.15, 0.2) is 18.2 Å². The number of carbonyl (C=O) groups excluding carboxylic acids is 1. The zero-order chi connectivity index (χ0) is 16.5. The van der Waals surface area contributed by atoms with Crippen molar-refractivity contribution in [2.75, 3.05) is 0 Å². The van der Waals surface area contributed by atoms with Gasteiger partial charge in [-0.2, -0.15) is 0 Å². The molecular weight excluding hydrogens is 282 g/mol. The summed E-state index contributed by atoms with van der Waals surface area (Å²) in [6.07, 6.45) is 1.15. The summed E-state index contributed by atoms with van der Waals surface area (Å²) in [5.74, 6) is -0.926. The first-order chi connectivity index (χ1) is 10.2. The van der Waals surface area contributed by atoms with Crippen molar-refractivity contribution in [1.29, 1.82) is 0 Å². The van der Waals surface area contributed by atoms with Crippen molar-refractivity contribution in [3.63, 3.8) is 0 Å². The molecule has 22 heavy (non-hydrogen) atoms. The van der Waals surface area contributed by atoms with Crippen LogP contribution in [0, 0.1) is 0 Å². The fourth-order valence-electron chi connectivity index (χ4n) is 2.68. The number of rotatable bonds is 2. The van der Waals surface area contributed by atoms with E-state index in [4.69, 9.17) is 9.84 Å². The molecular formula is C17H23NO4. The van der Waals surface area contributed by atoms with Crippen LogP contribution in [0.4, 0.5) is 4.79 Å². The zero-order valence-electron chi connectivity index (χ0n) is 13.5. The minimum Gasteiger partial charge on any atom is -0.478 e. The standard InChI is InChI=1S/C17H23NO4/c1-5-14-9-13-8-11(15(19)20)6-7-12(13)10-18(14)16(21)22-17(2,3)4/h6-8,14H,5,9-10H2,1-4H3,(H,19,20). The number of hydrogen-bond donors (Lipinski definition) is 1. The maximum atomic E-state index is 12.4. The lowest BCUT2D eigenvalue weighted by molar-refractivity contribution is 0.0114. The van der Waals surface area contributed by atoms with Crippen LogP contribution in [0.5, 0.6) is 0 Å². The van der Waals surface area contributed by atoms with Gasteiger partial charge in [-0.05, 0) is 56.9 Å². The van der Waals surface area contributed by atoms with E-state index >= 15 is 0 Å². The Labute approximate surface area is 130 Å². The van der Waals surface area contributed by atoms with E-state index in [0.717, 1.165) is 17.5 Å². The maximum Gasteiger partial charge on any atom is 0.410 e. The van der Waals surface area contributed by atoms with Gasteiger partial charge in [0.1, 0.15) is 5.60 Å². The van der Waals surface area contributed by atoms with E-state index in [1.807, 2.05) is 27.7 Å². The first-order valence-corrected chi connectivity index (χ1v) is 7.56. The third-order valence-corrected chi connectivity index (χ3v) is 3.79. The molecule has 0 spiro atoms. The highest BCUT2D eigenvalue weighted by atomic mass is 16.6. The number of carbonyl (C=O) groups is 2. The van der Waals surface area contributed by atoms with Crippen LogP contribution >= 0.6 is 0 Å². The fraction of sp³-hybridized carbons (Fsp3) is 0.529. The van der Waals surface area contributed by atoms with Gasteiger partial charge < -0.3 is 14.7 Å². The van der Waals surface area contributed by atoms with Crippen LogP contribution in [0.3, 0.4) is 0 Å². The summed E-state index contributed by atoms with van der Waals surface area (Å²) in [4.78, 5) is 25.2. The molecule has 1 aromatic carbocycles. The second kappa shape index (κ2) is 5.99. The Balaban J connectivity index is 2.26. The van der Waals surface area contributed by atoms with Crippen LogP contribution < -0.4 is 0 Å². The molecule has 0 aromatic heterocycles. The van der Waals surface area contributed by atoms with E-state index in [9.17, 15) is 9.59 Å². The van der Waals surface area contributed by atoms with Gasteiger partial charge in [-0.15, -0.1) is 0 Å². The molecule has 1 aliphatic heterocycles. The Morgan fingerprint density at radius 2 is 2.00 bits per heavy atom. The highest BCUT2D eigenvalue weighted by Gasteiger charge is 2.32. The number of nitrogens with zero attached hydrogens (tertiary/aromatic N) is 1. The molecule has 1 N–H and O–H groups in total. The minimum atomic E-state index is -0.926. The molecule has 1 aliphatic rings. The van der Waals surface area contributed by atoms with Crippen LogP contribution in [-0.4, -0.2) is 33.7 Å². The van der Waals surface area contributed by atoms with E-state index in [-0.39, 0.29) is 12.1 Å². The summed E-state index contributed by atoms with van der Waals surface area (Å²) in [5.41, 5.74) is 1.76. The highest BCUT2D eigenvalue weighted by molar-refractivity contribution is 5.88. The van der Waals surface area contributed by atoms with E-state index in [1.54, 1.807) is 23.1 Å². The molecule has 1 aromatic rings. The van der Waals surface area contributed by atoms with Gasteiger partial charge >= 0.3 is 12.1 Å². The third kappa shape index (κ3) is 3.59. The van der Waals surface area contributed by atoms with Gasteiger partial charge in [0.2, 0.25) is 0 Å². The van der Waals surface area contributed by atoms with Crippen molar-refractivity contribution in [2.45, 2.75) is 58.7 Å². The monoisotopic (exact) mass is 305 g/mol. The molecule has 120 valence electrons. The van der Waals surface area contributed by atoms with Gasteiger partial charge in [0.25, 0.3) is 0 Å². The van der Waals surface area contributed by atoms with E-state index in [0.29, 0.717) is 18.5 Å². The minimum absolute atomic E-state index is 0.0337. The van der Waals surface area contributed by atoms with Crippen molar-refractivity contribution in [2.24, 2.45) is 0 Å². The van der Waals surface area contributed by atoms with Crippen molar-refractivity contribution >= 4 is 12.1 Å². The predicted octanol–water partition coefficient (Wildman–Crippen LogP) is 3.46. The Morgan fingerprint density at radius 1 is 1.32 bits per heavy atom. The molecule has 0 bridgehead atoms. The first kappa shape index (κ1) is 16.3. The van der Waals surface area contributed by atoms with Gasteiger partial charge in [0, 0.05) is 12.6 Å². The number of ether oxygens (including phenoxy) is 1. The van der Waals surface area contributed by atoms with Gasteiger partial charge in [0.05, 0.1) is 5.56 Å². The topological polar surface area (TPSA) is 66.8 Å². The second-order valence-electron chi connectivity index (χ2n) is 6.66. The largest absolute Gasteiger partial charge is 0.478 e. The second-order valence-corrected chi connectivity index (χ2v) is 6.66. The van der Waals surface area contributed by atoms with Gasteiger partial charge in [-0.25, -0.2) is 9.59 Å². The summed E-state index contributed by atoms with van der Waals surface area (Å²) in [7, 11) is 0. The summed E-state index contributed by atoms with van der Waals surface area (Å²) in [5, 5.41) is 9.09. The van der Waals surface area contributed by atoms with Crippen molar-refractivity contribution < 1.29 is 19.4 Å². The Hall–Kier alpha value is -2.04. The maximum absolute atomic E-state index is 12.4. The van der Waals surface area contributed by atoms with Crippen LogP contribution in [0.1, 0.15) is 55.6 Å². The Morgan fingerprint density at radius 3 is 2.55 bits per heavy atom. The molecule has 5 heteroatoms. The lowest BCUT2D eigenvalue weighted by atomic mass is 9.91. The van der Waals surface area contributed by atoms with Crippen molar-refractivity contribution in [3.05, 3.63) is 34.9 Å². The van der Waals surface area contributed by atoms with Crippen LogP contribution in [0.2, 0.25) is 0 Å². The lowest BCUT2D eigenvalue weighted by Gasteiger charge is -2.37. The normalized spacial score (nSPS) is 17.8. The number of benzene rings is 1. The molecule has 2 rings (SSSR count). The summed E-state index contributed by atoms with van der Waals surface area (Å²) >= 11 is 0. The summed E-state index contributed by atoms with van der Waals surface area (Å²) in [6.45, 7) is 8.03. The summed E-state index contributed by atoms with van der Waals surface area (Å²) in [6, 6.07) is 5.13. The molecule has 0 saturated heterocycles. The quantitative estimate of drug-likeness (QED) is 0.908. The average Bonchev–Trinajstić information content (AvgIpc) is 2.43. The van der Waals surface area contributed by atoms with Crippen molar-refractivity contribution in [3.8, 4) is 0 Å². The molecule has 1 amide bonds. The van der Waals surface area contributed by atoms with Crippen molar-refractivity contribution in [1.82, 2.24) is 4.90 Å². The van der Waals surface area contributed by atoms with E-state index in [1.165, 1.54) is 0 Å². The van der Waals surface area contributed by atoms with Crippen LogP contribution in [0.25, 0.3) is 0 Å². The van der Waals surface area contributed by atoms with E-state index in [2.05, 4.69) is 0 Å². The molecule has 1 atom stereocenters. The number of hydrogen-bond acceptors (Lipinski definition) is 3. The number of carboxylic acid groups (broad SMARTS) is 1. The zero-order valence-corrected chi connectivity index (χ0v) is 13.5. The summed E-state index contributed by atoms with van der Waals surface area (Å²) < 4.78 is 5.48. The number of amides is 1. The smallest absolute Gasteiger partial charge is 0.410 e. The van der Waals surface area contributed by atoms with Gasteiger partial charge in [0.15, 0.2) is 0 Å². The molecule has 0 saturated carbocycles. The fourth-order valence-corrected chi connectivity index (χ4v) is 2.68. The average molecular weight is 305 g/mol. The number of fused-ring (bicyclic) bond motifs is 1. The molecule has 0 aliphatic carbocycles. The molecule has 1 unspecified atom stereocenters. The van der Waals surface area contributed by atoms with Gasteiger partial charge in [-0.1, -0.05) is 13.0 Å². The number of carboxylic acids is 1. The first-order valence-electron chi connectivity index (χ1n) is 7.56. The SMILES string of the molecule is CCC1Cc2cc(C(=O)O)ccc2CN1C(=O)OC(C)(C)C. The lowest BCUT2D eigenvalue weighted by Crippen LogP contribution is -2.46. The predicted molar refractivity (Wildman–Crippen MR) is 83.0 cm³/mol. The Bertz CT molecular complexity index is 589. The van der Waals surface area contributed by atoms with Crippen LogP contribution in [-0.2, 0) is 17.7 Å². The Kier molecular flexibility index (Phi) is 4.44. The number of aromatic carboxylic acids is 1. The van der Waals surface area contributed by atoms with Gasteiger partial charge in [-0.3, -0.25) is 0 Å². The molecule has 1 heterocycles. The molecule has 0 radical (unpaired) electrons. The molecule has 5 nitrogen and oxygen atoms in total. The highest BCUT2D eigenvalue weighted by Crippen LogP contribution is 2.27.